The molecular formula is C12H19ClN2O. The summed E-state index contributed by atoms with van der Waals surface area (Å²) in [6.45, 7) is 2.69. The monoisotopic (exact) mass is 242 g/mol. The summed E-state index contributed by atoms with van der Waals surface area (Å²) in [6, 6.07) is 5.78. The van der Waals surface area contributed by atoms with Crippen molar-refractivity contribution in [2.75, 3.05) is 33.0 Å². The summed E-state index contributed by atoms with van der Waals surface area (Å²) in [6.07, 6.45) is 1.04. The molecular weight excluding hydrogens is 224 g/mol. The highest BCUT2D eigenvalue weighted by atomic mass is 35.5. The van der Waals surface area contributed by atoms with Crippen LogP contribution in [0.2, 0.25) is 5.02 Å². The maximum Gasteiger partial charge on any atom is 0.0638 e. The molecule has 4 heteroatoms. The maximum absolute atomic E-state index is 5.96. The molecule has 0 aromatic heterocycles. The number of benzene rings is 1. The molecule has 0 heterocycles. The van der Waals surface area contributed by atoms with E-state index >= 15 is 0 Å². The van der Waals surface area contributed by atoms with Gasteiger partial charge in [0.25, 0.3) is 0 Å². The molecule has 0 aliphatic heterocycles. The van der Waals surface area contributed by atoms with Gasteiger partial charge in [-0.05, 0) is 31.2 Å². The van der Waals surface area contributed by atoms with Gasteiger partial charge in [0, 0.05) is 26.8 Å². The first kappa shape index (κ1) is 13.3. The van der Waals surface area contributed by atoms with Crippen molar-refractivity contribution in [2.45, 2.75) is 13.0 Å². The lowest BCUT2D eigenvalue weighted by molar-refractivity contribution is 0.178. The maximum atomic E-state index is 5.96. The average molecular weight is 243 g/mol. The predicted molar refractivity (Wildman–Crippen MR) is 68.7 cm³/mol. The number of halogens is 1. The standard InChI is InChI=1S/C12H19ClN2O/c1-15(6-3-7-16-2)9-10-4-5-12(14)11(13)8-10/h4-5,8H,3,6-7,9,14H2,1-2H3. The SMILES string of the molecule is COCCCN(C)Cc1ccc(N)c(Cl)c1. The molecule has 0 bridgehead atoms. The number of methoxy groups -OCH3 is 1. The number of rotatable bonds is 6. The van der Waals surface area contributed by atoms with E-state index in [1.54, 1.807) is 7.11 Å². The molecule has 90 valence electrons. The third-order valence-corrected chi connectivity index (χ3v) is 2.73. The van der Waals surface area contributed by atoms with Crippen molar-refractivity contribution in [1.29, 1.82) is 0 Å². The number of nitrogens with two attached hydrogens (primary N) is 1. The fraction of sp³-hybridized carbons (Fsp3) is 0.500. The van der Waals surface area contributed by atoms with Crippen molar-refractivity contribution in [2.24, 2.45) is 0 Å². The van der Waals surface area contributed by atoms with Gasteiger partial charge in [-0.25, -0.2) is 0 Å². The Morgan fingerprint density at radius 1 is 1.44 bits per heavy atom. The second kappa shape index (κ2) is 6.74. The van der Waals surface area contributed by atoms with E-state index in [1.165, 1.54) is 5.56 Å². The van der Waals surface area contributed by atoms with Crippen LogP contribution >= 0.6 is 11.6 Å². The minimum absolute atomic E-state index is 0.628. The number of ether oxygens (including phenoxy) is 1. The number of nitrogens with zero attached hydrogens (tertiary/aromatic N) is 1. The third-order valence-electron chi connectivity index (χ3n) is 2.41. The van der Waals surface area contributed by atoms with Crippen LogP contribution in [0.4, 0.5) is 5.69 Å². The third kappa shape index (κ3) is 4.39. The summed E-state index contributed by atoms with van der Waals surface area (Å²) in [5, 5.41) is 0.628. The molecule has 0 amide bonds. The van der Waals surface area contributed by atoms with E-state index in [9.17, 15) is 0 Å². The van der Waals surface area contributed by atoms with Crippen molar-refractivity contribution < 1.29 is 4.74 Å². The minimum atomic E-state index is 0.628. The van der Waals surface area contributed by atoms with Crippen molar-refractivity contribution in [3.05, 3.63) is 28.8 Å². The van der Waals surface area contributed by atoms with Gasteiger partial charge in [0.05, 0.1) is 10.7 Å². The van der Waals surface area contributed by atoms with Gasteiger partial charge in [-0.1, -0.05) is 17.7 Å². The summed E-state index contributed by atoms with van der Waals surface area (Å²) in [5.74, 6) is 0. The average Bonchev–Trinajstić information content (AvgIpc) is 2.24. The summed E-state index contributed by atoms with van der Waals surface area (Å²) >= 11 is 5.96. The van der Waals surface area contributed by atoms with Gasteiger partial charge < -0.3 is 15.4 Å². The molecule has 2 N–H and O–H groups in total. The van der Waals surface area contributed by atoms with Crippen LogP contribution in [0.15, 0.2) is 18.2 Å². The second-order valence-corrected chi connectivity index (χ2v) is 4.35. The van der Waals surface area contributed by atoms with Crippen molar-refractivity contribution in [3.63, 3.8) is 0 Å². The number of hydrogen-bond acceptors (Lipinski definition) is 3. The zero-order valence-corrected chi connectivity index (χ0v) is 10.6. The van der Waals surface area contributed by atoms with E-state index in [-0.39, 0.29) is 0 Å². The topological polar surface area (TPSA) is 38.5 Å². The summed E-state index contributed by atoms with van der Waals surface area (Å²) in [7, 11) is 3.81. The van der Waals surface area contributed by atoms with Crippen LogP contribution in [-0.4, -0.2) is 32.2 Å². The molecule has 0 atom stereocenters. The number of nitrogen functional groups attached to an aromatic ring is 1. The zero-order valence-electron chi connectivity index (χ0n) is 9.87. The van der Waals surface area contributed by atoms with Crippen LogP contribution in [0.1, 0.15) is 12.0 Å². The van der Waals surface area contributed by atoms with Crippen LogP contribution in [0.25, 0.3) is 0 Å². The molecule has 0 unspecified atom stereocenters. The Hall–Kier alpha value is -0.770. The minimum Gasteiger partial charge on any atom is -0.398 e. The highest BCUT2D eigenvalue weighted by Crippen LogP contribution is 2.20. The van der Waals surface area contributed by atoms with E-state index in [0.717, 1.165) is 26.1 Å². The van der Waals surface area contributed by atoms with Gasteiger partial charge in [0.1, 0.15) is 0 Å². The quantitative estimate of drug-likeness (QED) is 0.615. The fourth-order valence-corrected chi connectivity index (χ4v) is 1.74. The van der Waals surface area contributed by atoms with Crippen LogP contribution < -0.4 is 5.73 Å². The van der Waals surface area contributed by atoms with E-state index in [1.807, 2.05) is 18.2 Å². The zero-order chi connectivity index (χ0) is 12.0. The molecule has 1 aromatic rings. The first-order valence-electron chi connectivity index (χ1n) is 5.35. The lowest BCUT2D eigenvalue weighted by atomic mass is 10.2. The fourth-order valence-electron chi connectivity index (χ4n) is 1.54. The molecule has 1 aromatic carbocycles. The summed E-state index contributed by atoms with van der Waals surface area (Å²) in [5.41, 5.74) is 7.47. The van der Waals surface area contributed by atoms with Gasteiger partial charge in [-0.2, -0.15) is 0 Å². The van der Waals surface area contributed by atoms with E-state index in [0.29, 0.717) is 10.7 Å². The summed E-state index contributed by atoms with van der Waals surface area (Å²) < 4.78 is 5.01. The van der Waals surface area contributed by atoms with E-state index in [2.05, 4.69) is 11.9 Å². The van der Waals surface area contributed by atoms with Crippen LogP contribution in [0, 0.1) is 0 Å². The Morgan fingerprint density at radius 3 is 2.81 bits per heavy atom. The Balaban J connectivity index is 2.43. The van der Waals surface area contributed by atoms with Crippen LogP contribution in [0.5, 0.6) is 0 Å². The molecule has 1 rings (SSSR count). The number of hydrogen-bond donors (Lipinski definition) is 1. The first-order chi connectivity index (χ1) is 7.63. The molecule has 0 aliphatic carbocycles. The molecule has 0 saturated heterocycles. The van der Waals surface area contributed by atoms with Crippen molar-refractivity contribution in [1.82, 2.24) is 4.90 Å². The Kier molecular flexibility index (Phi) is 5.60. The summed E-state index contributed by atoms with van der Waals surface area (Å²) in [4.78, 5) is 2.24. The van der Waals surface area contributed by atoms with Gasteiger partial charge in [-0.3, -0.25) is 0 Å². The van der Waals surface area contributed by atoms with Gasteiger partial charge in [-0.15, -0.1) is 0 Å². The molecule has 0 fully saturated rings. The number of anilines is 1. The van der Waals surface area contributed by atoms with Gasteiger partial charge in [0.2, 0.25) is 0 Å². The molecule has 3 nitrogen and oxygen atoms in total. The molecule has 0 saturated carbocycles. The Bertz CT molecular complexity index is 331. The predicted octanol–water partition coefficient (Wildman–Crippen LogP) is 2.39. The highest BCUT2D eigenvalue weighted by Gasteiger charge is 2.02. The molecule has 16 heavy (non-hydrogen) atoms. The molecule has 0 aliphatic rings. The Morgan fingerprint density at radius 2 is 2.19 bits per heavy atom. The molecule has 0 spiro atoms. The first-order valence-corrected chi connectivity index (χ1v) is 5.72. The van der Waals surface area contributed by atoms with Crippen molar-refractivity contribution in [3.8, 4) is 0 Å². The highest BCUT2D eigenvalue weighted by molar-refractivity contribution is 6.33. The van der Waals surface area contributed by atoms with Crippen LogP contribution in [0.3, 0.4) is 0 Å². The Labute approximate surface area is 102 Å². The second-order valence-electron chi connectivity index (χ2n) is 3.94. The van der Waals surface area contributed by atoms with Crippen LogP contribution in [-0.2, 0) is 11.3 Å². The van der Waals surface area contributed by atoms with E-state index in [4.69, 9.17) is 22.1 Å². The lowest BCUT2D eigenvalue weighted by Crippen LogP contribution is -2.20. The smallest absolute Gasteiger partial charge is 0.0638 e. The largest absolute Gasteiger partial charge is 0.398 e. The lowest BCUT2D eigenvalue weighted by Gasteiger charge is -2.16. The molecule has 0 radical (unpaired) electrons. The normalized spacial score (nSPS) is 11.0. The van der Waals surface area contributed by atoms with E-state index < -0.39 is 0 Å². The van der Waals surface area contributed by atoms with Gasteiger partial charge in [0.15, 0.2) is 0 Å². The van der Waals surface area contributed by atoms with Gasteiger partial charge >= 0.3 is 0 Å². The van der Waals surface area contributed by atoms with Crippen molar-refractivity contribution >= 4 is 17.3 Å².